The van der Waals surface area contributed by atoms with E-state index in [4.69, 9.17) is 9.94 Å². The van der Waals surface area contributed by atoms with E-state index in [-0.39, 0.29) is 18.0 Å². The van der Waals surface area contributed by atoms with Gasteiger partial charge in [-0.1, -0.05) is 12.5 Å². The Kier molecular flexibility index (Phi) is 5.52. The van der Waals surface area contributed by atoms with Gasteiger partial charge in [-0.25, -0.2) is 10.3 Å². The topological polar surface area (TPSA) is 108 Å². The van der Waals surface area contributed by atoms with Crippen molar-refractivity contribution in [3.05, 3.63) is 35.0 Å². The second kappa shape index (κ2) is 8.01. The van der Waals surface area contributed by atoms with Crippen LogP contribution in [0.15, 0.2) is 23.9 Å². The molecule has 1 fully saturated rings. The summed E-state index contributed by atoms with van der Waals surface area (Å²) in [7, 11) is 0. The average Bonchev–Trinajstić information content (AvgIpc) is 3.20. The summed E-state index contributed by atoms with van der Waals surface area (Å²) in [6, 6.07) is 5.25. The van der Waals surface area contributed by atoms with Gasteiger partial charge < -0.3 is 10.1 Å². The number of unbranched alkanes of at least 4 members (excludes halogenated alkanes) is 2. The fraction of sp³-hybridized carbons (Fsp3) is 0.389. The quantitative estimate of drug-likeness (QED) is 0.225. The molecule has 1 aromatic rings. The molecule has 4 amide bonds. The van der Waals surface area contributed by atoms with Crippen LogP contribution in [0.2, 0.25) is 0 Å². The molecule has 1 aromatic carbocycles. The lowest BCUT2D eigenvalue weighted by Crippen LogP contribution is -2.31. The minimum atomic E-state index is -0.440. The van der Waals surface area contributed by atoms with Crippen molar-refractivity contribution >= 4 is 23.9 Å². The Morgan fingerprint density at radius 2 is 2.15 bits per heavy atom. The molecule has 3 N–H and O–H groups in total. The molecule has 8 nitrogen and oxygen atoms in total. The minimum absolute atomic E-state index is 0.212. The van der Waals surface area contributed by atoms with Crippen molar-refractivity contribution in [1.29, 1.82) is 0 Å². The van der Waals surface area contributed by atoms with Crippen LogP contribution >= 0.6 is 0 Å². The maximum absolute atomic E-state index is 12.4. The molecule has 0 bridgehead atoms. The number of urea groups is 1. The van der Waals surface area contributed by atoms with Crippen LogP contribution in [0.1, 0.15) is 36.8 Å². The Morgan fingerprint density at radius 3 is 2.96 bits per heavy atom. The standard InChI is InChI=1S/C18H21N3O5/c22-16(20-25)4-2-1-3-8-21-17(23)14(19-18(21)24)11-12-5-6-15-13(10-12)7-9-26-15/h5-6,10-11,25H,1-4,7-9H2,(H,19,24)(H,20,22). The molecule has 0 aliphatic carbocycles. The molecule has 1 saturated heterocycles. The number of rotatable bonds is 7. The smallest absolute Gasteiger partial charge is 0.329 e. The average molecular weight is 359 g/mol. The number of nitrogens with zero attached hydrogens (tertiary/aromatic N) is 1. The van der Waals surface area contributed by atoms with Gasteiger partial charge in [0.05, 0.1) is 6.61 Å². The number of hydrogen-bond donors (Lipinski definition) is 3. The fourth-order valence-electron chi connectivity index (χ4n) is 3.03. The van der Waals surface area contributed by atoms with E-state index in [1.165, 1.54) is 4.90 Å². The Morgan fingerprint density at radius 1 is 1.31 bits per heavy atom. The second-order valence-electron chi connectivity index (χ2n) is 6.26. The lowest BCUT2D eigenvalue weighted by atomic mass is 10.1. The lowest BCUT2D eigenvalue weighted by molar-refractivity contribution is -0.129. The molecular formula is C18H21N3O5. The summed E-state index contributed by atoms with van der Waals surface area (Å²) in [5, 5.41) is 11.0. The molecule has 0 atom stereocenters. The maximum Gasteiger partial charge on any atom is 0.329 e. The van der Waals surface area contributed by atoms with Crippen molar-refractivity contribution < 1.29 is 24.3 Å². The zero-order valence-corrected chi connectivity index (χ0v) is 14.3. The number of carbonyl (C=O) groups excluding carboxylic acids is 3. The van der Waals surface area contributed by atoms with Gasteiger partial charge in [0.2, 0.25) is 5.91 Å². The molecule has 0 unspecified atom stereocenters. The molecule has 138 valence electrons. The number of nitrogens with one attached hydrogen (secondary N) is 2. The third-order valence-corrected chi connectivity index (χ3v) is 4.40. The highest BCUT2D eigenvalue weighted by atomic mass is 16.5. The Hall–Kier alpha value is -2.87. The molecule has 0 spiro atoms. The molecule has 2 aliphatic rings. The molecule has 2 aliphatic heterocycles. The third kappa shape index (κ3) is 4.02. The molecule has 0 aromatic heterocycles. The van der Waals surface area contributed by atoms with Crippen LogP contribution in [0.25, 0.3) is 6.08 Å². The number of imide groups is 1. The van der Waals surface area contributed by atoms with Gasteiger partial charge >= 0.3 is 6.03 Å². The number of ether oxygens (including phenoxy) is 1. The number of hydrogen-bond acceptors (Lipinski definition) is 5. The van der Waals surface area contributed by atoms with Crippen molar-refractivity contribution in [3.63, 3.8) is 0 Å². The van der Waals surface area contributed by atoms with E-state index in [0.717, 1.165) is 23.3 Å². The van der Waals surface area contributed by atoms with Crippen molar-refractivity contribution in [3.8, 4) is 5.75 Å². The summed E-state index contributed by atoms with van der Waals surface area (Å²) < 4.78 is 5.46. The van der Waals surface area contributed by atoms with Crippen LogP contribution in [0.3, 0.4) is 0 Å². The SMILES string of the molecule is O=C(CCCCCN1C(=O)NC(=Cc2ccc3c(c2)CCO3)C1=O)NO. The fourth-order valence-corrected chi connectivity index (χ4v) is 3.03. The summed E-state index contributed by atoms with van der Waals surface area (Å²) in [5.74, 6) is 0.0789. The summed E-state index contributed by atoms with van der Waals surface area (Å²) in [6.07, 6.45) is 4.58. The van der Waals surface area contributed by atoms with Crippen molar-refractivity contribution in [2.75, 3.05) is 13.2 Å². The van der Waals surface area contributed by atoms with E-state index >= 15 is 0 Å². The van der Waals surface area contributed by atoms with Gasteiger partial charge in [-0.2, -0.15) is 0 Å². The lowest BCUT2D eigenvalue weighted by Gasteiger charge is -2.11. The molecule has 0 radical (unpaired) electrons. The highest BCUT2D eigenvalue weighted by molar-refractivity contribution is 6.13. The summed E-state index contributed by atoms with van der Waals surface area (Å²) in [6.45, 7) is 0.958. The first-order chi connectivity index (χ1) is 12.6. The van der Waals surface area contributed by atoms with Crippen LogP contribution in [-0.2, 0) is 16.0 Å². The maximum atomic E-state index is 12.4. The van der Waals surface area contributed by atoms with E-state index in [1.54, 1.807) is 11.6 Å². The third-order valence-electron chi connectivity index (χ3n) is 4.40. The van der Waals surface area contributed by atoms with E-state index in [1.807, 2.05) is 18.2 Å². The van der Waals surface area contributed by atoms with Crippen molar-refractivity contribution in [2.24, 2.45) is 0 Å². The van der Waals surface area contributed by atoms with Gasteiger partial charge in [-0.05, 0) is 42.2 Å². The van der Waals surface area contributed by atoms with Gasteiger partial charge in [0.15, 0.2) is 0 Å². The van der Waals surface area contributed by atoms with Crippen LogP contribution in [-0.4, -0.2) is 41.1 Å². The number of amides is 4. The van der Waals surface area contributed by atoms with E-state index in [0.29, 0.717) is 32.4 Å². The normalized spacial score (nSPS) is 17.3. The van der Waals surface area contributed by atoms with E-state index in [9.17, 15) is 14.4 Å². The highest BCUT2D eigenvalue weighted by Gasteiger charge is 2.32. The zero-order chi connectivity index (χ0) is 18.5. The zero-order valence-electron chi connectivity index (χ0n) is 14.3. The molecule has 26 heavy (non-hydrogen) atoms. The van der Waals surface area contributed by atoms with E-state index in [2.05, 4.69) is 5.32 Å². The number of hydroxylamine groups is 1. The van der Waals surface area contributed by atoms with Crippen molar-refractivity contribution in [2.45, 2.75) is 32.1 Å². The highest BCUT2D eigenvalue weighted by Crippen LogP contribution is 2.27. The summed E-state index contributed by atoms with van der Waals surface area (Å²) in [4.78, 5) is 36.5. The van der Waals surface area contributed by atoms with Gasteiger partial charge in [0, 0.05) is 19.4 Å². The van der Waals surface area contributed by atoms with Gasteiger partial charge in [0.25, 0.3) is 5.91 Å². The first-order valence-electron chi connectivity index (χ1n) is 8.61. The van der Waals surface area contributed by atoms with Gasteiger partial charge in [0.1, 0.15) is 11.4 Å². The first-order valence-corrected chi connectivity index (χ1v) is 8.61. The number of benzene rings is 1. The second-order valence-corrected chi connectivity index (χ2v) is 6.26. The molecule has 2 heterocycles. The van der Waals surface area contributed by atoms with Crippen molar-refractivity contribution in [1.82, 2.24) is 15.7 Å². The predicted octanol–water partition coefficient (Wildman–Crippen LogP) is 1.58. The Balaban J connectivity index is 1.55. The van der Waals surface area contributed by atoms with Crippen LogP contribution in [0, 0.1) is 0 Å². The minimum Gasteiger partial charge on any atom is -0.493 e. The first kappa shape index (κ1) is 17.9. The largest absolute Gasteiger partial charge is 0.493 e. The molecular weight excluding hydrogens is 338 g/mol. The van der Waals surface area contributed by atoms with Crippen LogP contribution in [0.4, 0.5) is 4.79 Å². The molecule has 8 heteroatoms. The van der Waals surface area contributed by atoms with Gasteiger partial charge in [-0.3, -0.25) is 19.7 Å². The predicted molar refractivity (Wildman–Crippen MR) is 92.3 cm³/mol. The van der Waals surface area contributed by atoms with Crippen LogP contribution < -0.4 is 15.5 Å². The number of carbonyl (C=O) groups is 3. The van der Waals surface area contributed by atoms with Gasteiger partial charge in [-0.15, -0.1) is 0 Å². The Labute approximate surface area is 150 Å². The monoisotopic (exact) mass is 359 g/mol. The summed E-state index contributed by atoms with van der Waals surface area (Å²) in [5.41, 5.74) is 3.77. The van der Waals surface area contributed by atoms with E-state index < -0.39 is 11.9 Å². The van der Waals surface area contributed by atoms with Crippen LogP contribution in [0.5, 0.6) is 5.75 Å². The molecule has 3 rings (SSSR count). The number of fused-ring (bicyclic) bond motifs is 1. The Bertz CT molecular complexity index is 759. The molecule has 0 saturated carbocycles. The summed E-state index contributed by atoms with van der Waals surface area (Å²) >= 11 is 0.